The largest absolute Gasteiger partial charge is 0.381 e. The van der Waals surface area contributed by atoms with Gasteiger partial charge in [-0.05, 0) is 49.0 Å². The topological polar surface area (TPSA) is 56.1 Å². The van der Waals surface area contributed by atoms with Crippen LogP contribution >= 0.6 is 15.9 Å². The van der Waals surface area contributed by atoms with E-state index in [1.807, 2.05) is 13.8 Å². The highest BCUT2D eigenvalue weighted by molar-refractivity contribution is 9.10. The molecule has 1 aliphatic rings. The Bertz CT molecular complexity index is 501. The van der Waals surface area contributed by atoms with Crippen LogP contribution in [0.4, 0.5) is 5.69 Å². The van der Waals surface area contributed by atoms with Gasteiger partial charge in [-0.1, -0.05) is 0 Å². The Kier molecular flexibility index (Phi) is 4.62. The second kappa shape index (κ2) is 6.05. The van der Waals surface area contributed by atoms with Crippen molar-refractivity contribution < 1.29 is 4.74 Å². The van der Waals surface area contributed by atoms with Gasteiger partial charge < -0.3 is 10.1 Å². The third-order valence-corrected chi connectivity index (χ3v) is 4.28. The molecule has 1 saturated carbocycles. The Balaban J connectivity index is 2.14. The second-order valence-corrected chi connectivity index (χ2v) is 6.02. The van der Waals surface area contributed by atoms with Crippen molar-refractivity contribution in [2.75, 3.05) is 12.4 Å². The summed E-state index contributed by atoms with van der Waals surface area (Å²) in [6.45, 7) is 3.88. The summed E-state index contributed by atoms with van der Waals surface area (Å²) in [6, 6.07) is 0.402. The number of rotatable bonds is 4. The Labute approximate surface area is 121 Å². The Morgan fingerprint density at radius 2 is 2.26 bits per heavy atom. The van der Waals surface area contributed by atoms with Gasteiger partial charge in [-0.25, -0.2) is 4.68 Å². The number of aromatic nitrogens is 2. The number of ether oxygens (including phenoxy) is 1. The first-order chi connectivity index (χ1) is 9.02. The Hall–Kier alpha value is -0.880. The lowest BCUT2D eigenvalue weighted by Gasteiger charge is -2.16. The van der Waals surface area contributed by atoms with E-state index in [2.05, 4.69) is 26.3 Å². The number of anilines is 1. The molecule has 1 fully saturated rings. The van der Waals surface area contributed by atoms with Gasteiger partial charge in [0.25, 0.3) is 5.56 Å². The number of hydrogen-bond acceptors (Lipinski definition) is 4. The first-order valence-corrected chi connectivity index (χ1v) is 7.39. The van der Waals surface area contributed by atoms with E-state index in [0.717, 1.165) is 24.9 Å². The molecule has 106 valence electrons. The molecule has 0 amide bonds. The van der Waals surface area contributed by atoms with Gasteiger partial charge >= 0.3 is 0 Å². The summed E-state index contributed by atoms with van der Waals surface area (Å²) in [5.41, 5.74) is 0.671. The maximum Gasteiger partial charge on any atom is 0.283 e. The lowest BCUT2D eigenvalue weighted by Crippen LogP contribution is -2.27. The van der Waals surface area contributed by atoms with Crippen molar-refractivity contribution in [1.82, 2.24) is 9.78 Å². The van der Waals surface area contributed by atoms with Crippen LogP contribution in [-0.2, 0) is 4.74 Å². The molecular weight excluding hydrogens is 310 g/mol. The highest BCUT2D eigenvalue weighted by Crippen LogP contribution is 2.26. The molecule has 0 saturated heterocycles. The van der Waals surface area contributed by atoms with Crippen LogP contribution in [0.15, 0.2) is 15.5 Å². The highest BCUT2D eigenvalue weighted by Gasteiger charge is 2.25. The van der Waals surface area contributed by atoms with Gasteiger partial charge in [-0.3, -0.25) is 4.79 Å². The summed E-state index contributed by atoms with van der Waals surface area (Å²) in [6.07, 6.45) is 5.11. The molecule has 1 heterocycles. The number of hydrogen-bond donors (Lipinski definition) is 1. The Morgan fingerprint density at radius 3 is 2.84 bits per heavy atom. The Morgan fingerprint density at radius 1 is 1.53 bits per heavy atom. The third-order valence-electron chi connectivity index (χ3n) is 3.51. The quantitative estimate of drug-likeness (QED) is 0.922. The zero-order valence-corrected chi connectivity index (χ0v) is 13.1. The minimum atomic E-state index is -0.0960. The molecular formula is C13H20BrN3O2. The molecule has 6 heteroatoms. The lowest BCUT2D eigenvalue weighted by atomic mass is 10.2. The first kappa shape index (κ1) is 14.5. The van der Waals surface area contributed by atoms with Crippen molar-refractivity contribution >= 4 is 21.6 Å². The van der Waals surface area contributed by atoms with Crippen LogP contribution in [-0.4, -0.2) is 29.0 Å². The lowest BCUT2D eigenvalue weighted by molar-refractivity contribution is 0.108. The van der Waals surface area contributed by atoms with E-state index >= 15 is 0 Å². The van der Waals surface area contributed by atoms with Gasteiger partial charge in [0.1, 0.15) is 4.47 Å². The van der Waals surface area contributed by atoms with E-state index in [1.54, 1.807) is 13.3 Å². The van der Waals surface area contributed by atoms with Gasteiger partial charge in [-0.2, -0.15) is 5.10 Å². The van der Waals surface area contributed by atoms with E-state index in [4.69, 9.17) is 4.74 Å². The second-order valence-electron chi connectivity index (χ2n) is 5.23. The third kappa shape index (κ3) is 3.17. The molecule has 1 N–H and O–H groups in total. The van der Waals surface area contributed by atoms with Crippen LogP contribution in [0.5, 0.6) is 0 Å². The van der Waals surface area contributed by atoms with Crippen LogP contribution < -0.4 is 10.9 Å². The first-order valence-electron chi connectivity index (χ1n) is 6.59. The van der Waals surface area contributed by atoms with Crippen molar-refractivity contribution in [3.8, 4) is 0 Å². The molecule has 2 atom stereocenters. The number of nitrogens with zero attached hydrogens (tertiary/aromatic N) is 2. The predicted octanol–water partition coefficient (Wildman–Crippen LogP) is 2.57. The molecule has 2 rings (SSSR count). The maximum absolute atomic E-state index is 12.1. The van der Waals surface area contributed by atoms with E-state index in [-0.39, 0.29) is 11.6 Å². The van der Waals surface area contributed by atoms with Crippen LogP contribution in [0.1, 0.15) is 39.2 Å². The molecule has 0 spiro atoms. The standard InChI is InChI=1S/C13H20BrN3O2/c1-8(2)17-13(18)12(14)11(7-15-17)16-9-4-5-10(6-9)19-3/h7-10,16H,4-6H2,1-3H3. The fraction of sp³-hybridized carbons (Fsp3) is 0.692. The molecule has 2 unspecified atom stereocenters. The van der Waals surface area contributed by atoms with Gasteiger partial charge in [0.05, 0.1) is 24.0 Å². The van der Waals surface area contributed by atoms with Crippen molar-refractivity contribution in [1.29, 1.82) is 0 Å². The summed E-state index contributed by atoms with van der Waals surface area (Å²) in [5.74, 6) is 0. The van der Waals surface area contributed by atoms with Crippen LogP contribution in [0.25, 0.3) is 0 Å². The van der Waals surface area contributed by atoms with Crippen molar-refractivity contribution in [3.63, 3.8) is 0 Å². The summed E-state index contributed by atoms with van der Waals surface area (Å²) < 4.78 is 7.38. The monoisotopic (exact) mass is 329 g/mol. The minimum absolute atomic E-state index is 0.0576. The molecule has 1 aliphatic carbocycles. The molecule has 5 nitrogen and oxygen atoms in total. The van der Waals surface area contributed by atoms with Gasteiger partial charge in [0.15, 0.2) is 0 Å². The minimum Gasteiger partial charge on any atom is -0.381 e. The maximum atomic E-state index is 12.1. The fourth-order valence-electron chi connectivity index (χ4n) is 2.42. The fourth-order valence-corrected chi connectivity index (χ4v) is 2.82. The van der Waals surface area contributed by atoms with Crippen LogP contribution in [0.3, 0.4) is 0 Å². The zero-order chi connectivity index (χ0) is 14.0. The number of halogens is 1. The molecule has 1 aromatic heterocycles. The summed E-state index contributed by atoms with van der Waals surface area (Å²) in [7, 11) is 1.74. The van der Waals surface area contributed by atoms with E-state index < -0.39 is 0 Å². The summed E-state index contributed by atoms with van der Waals surface area (Å²) >= 11 is 3.37. The van der Waals surface area contributed by atoms with E-state index in [0.29, 0.717) is 16.6 Å². The zero-order valence-electron chi connectivity index (χ0n) is 11.5. The normalized spacial score (nSPS) is 23.0. The molecule has 0 bridgehead atoms. The van der Waals surface area contributed by atoms with Crippen LogP contribution in [0.2, 0.25) is 0 Å². The van der Waals surface area contributed by atoms with Crippen molar-refractivity contribution in [2.45, 2.75) is 51.3 Å². The van der Waals surface area contributed by atoms with Crippen molar-refractivity contribution in [2.24, 2.45) is 0 Å². The van der Waals surface area contributed by atoms with Crippen molar-refractivity contribution in [3.05, 3.63) is 21.0 Å². The van der Waals surface area contributed by atoms with E-state index in [9.17, 15) is 4.79 Å². The smallest absolute Gasteiger partial charge is 0.283 e. The van der Waals surface area contributed by atoms with Gasteiger partial charge in [0, 0.05) is 13.2 Å². The van der Waals surface area contributed by atoms with Crippen LogP contribution in [0, 0.1) is 0 Å². The predicted molar refractivity (Wildman–Crippen MR) is 78.6 cm³/mol. The van der Waals surface area contributed by atoms with Gasteiger partial charge in [0.2, 0.25) is 0 Å². The van der Waals surface area contributed by atoms with Gasteiger partial charge in [-0.15, -0.1) is 0 Å². The molecule has 0 aromatic carbocycles. The molecule has 1 aromatic rings. The molecule has 19 heavy (non-hydrogen) atoms. The van der Waals surface area contributed by atoms with E-state index in [1.165, 1.54) is 4.68 Å². The average Bonchev–Trinajstić information content (AvgIpc) is 2.82. The molecule has 0 aliphatic heterocycles. The number of methoxy groups -OCH3 is 1. The summed E-state index contributed by atoms with van der Waals surface area (Å²) in [5, 5.41) is 7.58. The number of nitrogens with one attached hydrogen (secondary N) is 1. The molecule has 0 radical (unpaired) electrons. The average molecular weight is 330 g/mol. The highest BCUT2D eigenvalue weighted by atomic mass is 79.9. The summed E-state index contributed by atoms with van der Waals surface area (Å²) in [4.78, 5) is 12.1. The SMILES string of the molecule is COC1CCC(Nc2cnn(C(C)C)c(=O)c2Br)C1.